The molecule has 1 saturated heterocycles. The number of nitrogens with zero attached hydrogens (tertiary/aromatic N) is 2. The highest BCUT2D eigenvalue weighted by Crippen LogP contribution is 2.47. The average Bonchev–Trinajstić information content (AvgIpc) is 3.59. The van der Waals surface area contributed by atoms with E-state index < -0.39 is 23.7 Å². The molecule has 40 heavy (non-hydrogen) atoms. The van der Waals surface area contributed by atoms with Crippen LogP contribution in [-0.4, -0.2) is 54.7 Å². The molecule has 0 aliphatic carbocycles. The van der Waals surface area contributed by atoms with Gasteiger partial charge in [-0.1, -0.05) is 11.3 Å². The number of methoxy groups -OCH3 is 2. The summed E-state index contributed by atoms with van der Waals surface area (Å²) in [5, 5.41) is 11.7. The molecule has 5 rings (SSSR count). The fraction of sp³-hybridized carbons (Fsp3) is 0.310. The Labute approximate surface area is 234 Å². The fourth-order valence-electron chi connectivity index (χ4n) is 4.96. The molecule has 11 heteroatoms. The van der Waals surface area contributed by atoms with E-state index in [-0.39, 0.29) is 34.1 Å². The van der Waals surface area contributed by atoms with Crippen LogP contribution in [0.3, 0.4) is 0 Å². The number of anilines is 1. The van der Waals surface area contributed by atoms with E-state index in [4.69, 9.17) is 18.9 Å². The molecule has 3 aromatic rings. The number of aliphatic hydroxyl groups excluding tert-OH is 1. The molecule has 0 spiro atoms. The summed E-state index contributed by atoms with van der Waals surface area (Å²) in [5.74, 6) is -1.17. The molecule has 1 fully saturated rings. The smallest absolute Gasteiger partial charge is 0.350 e. The van der Waals surface area contributed by atoms with Crippen molar-refractivity contribution in [3.63, 3.8) is 0 Å². The Hall–Kier alpha value is -4.38. The maximum absolute atomic E-state index is 13.6. The minimum absolute atomic E-state index is 0.0109. The lowest BCUT2D eigenvalue weighted by molar-refractivity contribution is -0.132. The molecule has 10 nitrogen and oxygen atoms in total. The highest BCUT2D eigenvalue weighted by Gasteiger charge is 2.49. The number of fused-ring (bicyclic) bond motifs is 1. The Balaban J connectivity index is 1.71. The van der Waals surface area contributed by atoms with Crippen molar-refractivity contribution in [3.8, 4) is 17.2 Å². The zero-order valence-electron chi connectivity index (χ0n) is 22.6. The van der Waals surface area contributed by atoms with Crippen molar-refractivity contribution in [2.45, 2.75) is 39.3 Å². The molecule has 208 valence electrons. The first-order valence-corrected chi connectivity index (χ1v) is 13.5. The van der Waals surface area contributed by atoms with E-state index in [2.05, 4.69) is 4.98 Å². The number of carbonyl (C=O) groups excluding carboxylic acids is 3. The summed E-state index contributed by atoms with van der Waals surface area (Å²) in [6.45, 7) is 5.43. The number of thiazole rings is 1. The summed E-state index contributed by atoms with van der Waals surface area (Å²) >= 11 is 0.937. The molecule has 1 amide bonds. The van der Waals surface area contributed by atoms with Crippen LogP contribution in [0, 0.1) is 6.92 Å². The van der Waals surface area contributed by atoms with Gasteiger partial charge in [-0.2, -0.15) is 0 Å². The summed E-state index contributed by atoms with van der Waals surface area (Å²) in [5.41, 5.74) is 1.90. The standard InChI is InChI=1S/C29H28N2O8S/c1-6-38-28(35)26-15(3)30-29(40-26)31-23(19-9-8-18(36-4)13-21(19)37-5)22(25(33)27(31)34)24(32)16-7-10-20-17(12-16)11-14(2)39-20/h7-10,12-14,23,32H,6,11H2,1-5H3. The Morgan fingerprint density at radius 1 is 1.18 bits per heavy atom. The Morgan fingerprint density at radius 2 is 1.95 bits per heavy atom. The number of carbonyl (C=O) groups is 3. The van der Waals surface area contributed by atoms with Gasteiger partial charge < -0.3 is 24.1 Å². The molecular formula is C29H28N2O8S. The third-order valence-electron chi connectivity index (χ3n) is 6.80. The second kappa shape index (κ2) is 10.6. The van der Waals surface area contributed by atoms with Gasteiger partial charge in [0.1, 0.15) is 40.0 Å². The van der Waals surface area contributed by atoms with Crippen LogP contribution < -0.4 is 19.1 Å². The number of hydrogen-bond donors (Lipinski definition) is 1. The number of ether oxygens (including phenoxy) is 4. The number of ketones is 1. The van der Waals surface area contributed by atoms with Crippen LogP contribution in [0.4, 0.5) is 5.13 Å². The normalized spacial score (nSPS) is 19.4. The van der Waals surface area contributed by atoms with Crippen molar-refractivity contribution in [2.24, 2.45) is 0 Å². The van der Waals surface area contributed by atoms with Gasteiger partial charge in [0.05, 0.1) is 32.1 Å². The summed E-state index contributed by atoms with van der Waals surface area (Å²) in [7, 11) is 2.97. The van der Waals surface area contributed by atoms with Crippen LogP contribution >= 0.6 is 11.3 Å². The van der Waals surface area contributed by atoms with E-state index >= 15 is 0 Å². The van der Waals surface area contributed by atoms with Gasteiger partial charge in [0.25, 0.3) is 5.78 Å². The molecule has 3 heterocycles. The zero-order valence-corrected chi connectivity index (χ0v) is 23.5. The number of aliphatic hydroxyl groups is 1. The summed E-state index contributed by atoms with van der Waals surface area (Å²) in [4.78, 5) is 45.6. The first-order chi connectivity index (χ1) is 19.2. The van der Waals surface area contributed by atoms with E-state index in [1.807, 2.05) is 6.92 Å². The lowest BCUT2D eigenvalue weighted by Crippen LogP contribution is -2.29. The van der Waals surface area contributed by atoms with Crippen LogP contribution in [0.15, 0.2) is 42.0 Å². The molecule has 2 aliphatic rings. The number of aryl methyl sites for hydroxylation is 1. The van der Waals surface area contributed by atoms with Crippen molar-refractivity contribution >= 4 is 39.9 Å². The molecule has 1 aromatic heterocycles. The van der Waals surface area contributed by atoms with E-state index in [9.17, 15) is 19.5 Å². The number of esters is 1. The minimum Gasteiger partial charge on any atom is -0.507 e. The van der Waals surface area contributed by atoms with Gasteiger partial charge >= 0.3 is 11.9 Å². The number of Topliss-reactive ketones (excluding diaryl/α,β-unsaturated/α-hetero) is 1. The number of amides is 1. The average molecular weight is 565 g/mol. The van der Waals surface area contributed by atoms with Gasteiger partial charge in [-0.15, -0.1) is 0 Å². The SMILES string of the molecule is CCOC(=O)c1sc(N2C(=O)C(=O)C(=C(O)c3ccc4c(c3)CC(C)O4)C2c2ccc(OC)cc2OC)nc1C. The third-order valence-corrected chi connectivity index (χ3v) is 7.94. The Kier molecular flexibility index (Phi) is 7.24. The van der Waals surface area contributed by atoms with E-state index in [1.54, 1.807) is 50.2 Å². The topological polar surface area (TPSA) is 124 Å². The van der Waals surface area contributed by atoms with E-state index in [0.29, 0.717) is 40.5 Å². The van der Waals surface area contributed by atoms with Crippen molar-refractivity contribution < 1.29 is 38.4 Å². The number of hydrogen-bond acceptors (Lipinski definition) is 10. The monoisotopic (exact) mass is 564 g/mol. The van der Waals surface area contributed by atoms with Crippen LogP contribution in [0.25, 0.3) is 5.76 Å². The number of aromatic nitrogens is 1. The van der Waals surface area contributed by atoms with Crippen LogP contribution in [-0.2, 0) is 20.7 Å². The maximum atomic E-state index is 13.6. The lowest BCUT2D eigenvalue weighted by atomic mass is 9.94. The second-order valence-electron chi connectivity index (χ2n) is 9.36. The van der Waals surface area contributed by atoms with Gasteiger partial charge in [-0.3, -0.25) is 14.5 Å². The number of benzene rings is 2. The Morgan fingerprint density at radius 3 is 2.65 bits per heavy atom. The largest absolute Gasteiger partial charge is 0.507 e. The van der Waals surface area contributed by atoms with E-state index in [1.165, 1.54) is 19.1 Å². The number of rotatable bonds is 7. The molecule has 0 radical (unpaired) electrons. The van der Waals surface area contributed by atoms with Gasteiger partial charge in [0.2, 0.25) is 0 Å². The van der Waals surface area contributed by atoms with Gasteiger partial charge in [-0.25, -0.2) is 9.78 Å². The summed E-state index contributed by atoms with van der Waals surface area (Å²) in [6.07, 6.45) is 0.638. The predicted molar refractivity (Wildman–Crippen MR) is 147 cm³/mol. The predicted octanol–water partition coefficient (Wildman–Crippen LogP) is 4.60. The van der Waals surface area contributed by atoms with Crippen molar-refractivity contribution in [3.05, 3.63) is 69.2 Å². The van der Waals surface area contributed by atoms with Gasteiger partial charge in [0, 0.05) is 23.6 Å². The minimum atomic E-state index is -1.11. The molecule has 2 aliphatic heterocycles. The second-order valence-corrected chi connectivity index (χ2v) is 10.3. The van der Waals surface area contributed by atoms with Crippen LogP contribution in [0.1, 0.15) is 51.9 Å². The summed E-state index contributed by atoms with van der Waals surface area (Å²) in [6, 6.07) is 9.00. The van der Waals surface area contributed by atoms with Crippen LogP contribution in [0.2, 0.25) is 0 Å². The molecule has 2 atom stereocenters. The van der Waals surface area contributed by atoms with Gasteiger partial charge in [-0.05, 0) is 56.7 Å². The van der Waals surface area contributed by atoms with Crippen molar-refractivity contribution in [2.75, 3.05) is 25.7 Å². The molecule has 0 bridgehead atoms. The van der Waals surface area contributed by atoms with Crippen molar-refractivity contribution in [1.29, 1.82) is 0 Å². The molecular weight excluding hydrogens is 536 g/mol. The van der Waals surface area contributed by atoms with Crippen molar-refractivity contribution in [1.82, 2.24) is 4.98 Å². The first kappa shape index (κ1) is 27.2. The van der Waals surface area contributed by atoms with Gasteiger partial charge in [0.15, 0.2) is 5.13 Å². The Bertz CT molecular complexity index is 1560. The molecule has 2 unspecified atom stereocenters. The maximum Gasteiger partial charge on any atom is 0.350 e. The third kappa shape index (κ3) is 4.56. The first-order valence-electron chi connectivity index (χ1n) is 12.7. The molecule has 1 N–H and O–H groups in total. The summed E-state index contributed by atoms with van der Waals surface area (Å²) < 4.78 is 21.9. The van der Waals surface area contributed by atoms with E-state index in [0.717, 1.165) is 16.9 Å². The van der Waals surface area contributed by atoms with Crippen LogP contribution in [0.5, 0.6) is 17.2 Å². The molecule has 0 saturated carbocycles. The lowest BCUT2D eigenvalue weighted by Gasteiger charge is -2.25. The highest BCUT2D eigenvalue weighted by molar-refractivity contribution is 7.17. The highest BCUT2D eigenvalue weighted by atomic mass is 32.1. The fourth-order valence-corrected chi connectivity index (χ4v) is 5.95. The molecule has 2 aromatic carbocycles. The quantitative estimate of drug-likeness (QED) is 0.190. The zero-order chi connectivity index (χ0) is 28.7.